The number of amides is 1. The summed E-state index contributed by atoms with van der Waals surface area (Å²) in [5.74, 6) is 0.592. The number of nitrogens with zero attached hydrogens (tertiary/aromatic N) is 4. The Bertz CT molecular complexity index is 1710. The third-order valence-corrected chi connectivity index (χ3v) is 7.61. The molecule has 4 aromatic rings. The number of aliphatic hydroxyl groups is 1. The lowest BCUT2D eigenvalue weighted by Gasteiger charge is -2.15. The summed E-state index contributed by atoms with van der Waals surface area (Å²) < 4.78 is 19.4. The van der Waals surface area contributed by atoms with Gasteiger partial charge >= 0.3 is 0 Å². The third kappa shape index (κ3) is 7.79. The van der Waals surface area contributed by atoms with Crippen LogP contribution < -0.4 is 5.32 Å². The number of carbonyl (C=O) groups excluding carboxylic acids is 1. The van der Waals surface area contributed by atoms with Crippen molar-refractivity contribution in [1.29, 1.82) is 0 Å². The van der Waals surface area contributed by atoms with Crippen LogP contribution in [0.3, 0.4) is 0 Å². The maximum atomic E-state index is 13.1. The van der Waals surface area contributed by atoms with Gasteiger partial charge in [-0.15, -0.1) is 0 Å². The van der Waals surface area contributed by atoms with E-state index in [1.54, 1.807) is 13.2 Å². The zero-order valence-electron chi connectivity index (χ0n) is 24.5. The predicted octanol–water partition coefficient (Wildman–Crippen LogP) is 6.96. The van der Waals surface area contributed by atoms with Crippen LogP contribution in [0, 0.1) is 0 Å². The van der Waals surface area contributed by atoms with Gasteiger partial charge in [0.15, 0.2) is 0 Å². The quantitative estimate of drug-likeness (QED) is 0.223. The van der Waals surface area contributed by atoms with Crippen molar-refractivity contribution in [3.63, 3.8) is 0 Å². The van der Waals surface area contributed by atoms with Crippen LogP contribution in [-0.4, -0.2) is 63.9 Å². The number of aromatic nitrogens is 3. The Balaban J connectivity index is 0.000000296. The number of aliphatic hydroxyl groups excluding tert-OH is 1. The number of benzene rings is 2. The number of nitrogens with one attached hydrogen (secondary N) is 1. The Hall–Kier alpha value is -4.31. The summed E-state index contributed by atoms with van der Waals surface area (Å²) in [7, 11) is 1.63. The summed E-state index contributed by atoms with van der Waals surface area (Å²) in [6.45, 7) is 2.12. The second-order valence-corrected chi connectivity index (χ2v) is 11.0. The molecule has 0 saturated carbocycles. The smallest absolute Gasteiger partial charge is 0.255 e. The first kappa shape index (κ1) is 31.1. The number of hydrogen-bond acceptors (Lipinski definition) is 6. The van der Waals surface area contributed by atoms with Crippen LogP contribution >= 0.6 is 11.6 Å². The van der Waals surface area contributed by atoms with E-state index >= 15 is 0 Å². The van der Waals surface area contributed by atoms with Crippen LogP contribution in [0.1, 0.15) is 35.2 Å². The summed E-state index contributed by atoms with van der Waals surface area (Å²) in [6.07, 6.45) is 15.1. The number of rotatable bonds is 8. The first-order chi connectivity index (χ1) is 21.4. The van der Waals surface area contributed by atoms with Crippen LogP contribution in [-0.2, 0) is 11.2 Å². The van der Waals surface area contributed by atoms with Crippen molar-refractivity contribution in [1.82, 2.24) is 19.4 Å². The lowest BCUT2D eigenvalue weighted by Crippen LogP contribution is -2.28. The van der Waals surface area contributed by atoms with Crippen LogP contribution in [0.5, 0.6) is 0 Å². The number of hydrogen-bond donors (Lipinski definition) is 2. The fourth-order valence-electron chi connectivity index (χ4n) is 5.17. The highest BCUT2D eigenvalue weighted by Crippen LogP contribution is 2.28. The highest BCUT2D eigenvalue weighted by molar-refractivity contribution is 6.30. The topological polar surface area (TPSA) is 92.5 Å². The minimum Gasteiger partial charge on any atom is -0.396 e. The minimum atomic E-state index is -0.104. The highest BCUT2D eigenvalue weighted by Gasteiger charge is 2.23. The van der Waals surface area contributed by atoms with Gasteiger partial charge in [-0.05, 0) is 72.9 Å². The zero-order chi connectivity index (χ0) is 30.9. The van der Waals surface area contributed by atoms with Gasteiger partial charge in [-0.3, -0.25) is 4.79 Å². The van der Waals surface area contributed by atoms with Crippen LogP contribution in [0.25, 0.3) is 16.6 Å². The van der Waals surface area contributed by atoms with Crippen molar-refractivity contribution >= 4 is 39.9 Å². The molecular formula is C34H35ClFN5O3. The average molecular weight is 616 g/mol. The van der Waals surface area contributed by atoms with Gasteiger partial charge in [-0.1, -0.05) is 35.9 Å². The second kappa shape index (κ2) is 14.9. The molecule has 3 heterocycles. The number of allylic oxidation sites excluding steroid dienone is 4. The van der Waals surface area contributed by atoms with Gasteiger partial charge in [0.1, 0.15) is 18.0 Å². The first-order valence-corrected chi connectivity index (χ1v) is 14.9. The zero-order valence-corrected chi connectivity index (χ0v) is 25.3. The maximum Gasteiger partial charge on any atom is 0.255 e. The molecule has 0 unspecified atom stereocenters. The van der Waals surface area contributed by atoms with Gasteiger partial charge in [0.2, 0.25) is 0 Å². The molecule has 1 aliphatic heterocycles. The standard InChI is InChI=1S/C25H24ClN5O2.C9H11FO/c26-18-4-3-5-19(12-18)29-24-21-13-20(6-7-23(21)27-16-28-24)31-14-17(8-11-32)22(15-31)25(33)30-9-1-2-10-30;1-11-7-8-3-2-4-9(10)6-5-8/h3-7,12-16,32H,1-2,8-11H2,(H,27,28,29);2-5H,6-7H2,1H3. The number of methoxy groups -OCH3 is 1. The SMILES string of the molecule is COCC1=CCC(F)=CC=C1.O=C(c1cn(-c2ccc3ncnc(Nc4cccc(Cl)c4)c3c2)cc1CCO)N1CCCC1. The number of halogens is 2. The molecule has 0 bridgehead atoms. The van der Waals surface area contributed by atoms with E-state index in [9.17, 15) is 14.3 Å². The lowest BCUT2D eigenvalue weighted by atomic mass is 10.1. The Labute approximate surface area is 261 Å². The lowest BCUT2D eigenvalue weighted by molar-refractivity contribution is 0.0791. The van der Waals surface area contributed by atoms with E-state index in [4.69, 9.17) is 16.3 Å². The summed E-state index contributed by atoms with van der Waals surface area (Å²) in [4.78, 5) is 23.8. The van der Waals surface area contributed by atoms with Crippen LogP contribution in [0.15, 0.2) is 96.9 Å². The van der Waals surface area contributed by atoms with E-state index in [1.165, 1.54) is 12.4 Å². The largest absolute Gasteiger partial charge is 0.396 e. The van der Waals surface area contributed by atoms with E-state index in [1.807, 2.05) is 76.5 Å². The minimum absolute atomic E-state index is 0.0104. The average Bonchev–Trinajstić information content (AvgIpc) is 3.67. The van der Waals surface area contributed by atoms with E-state index < -0.39 is 0 Å². The summed E-state index contributed by atoms with van der Waals surface area (Å²) >= 11 is 6.13. The van der Waals surface area contributed by atoms with Gasteiger partial charge in [-0.2, -0.15) is 0 Å². The predicted molar refractivity (Wildman–Crippen MR) is 172 cm³/mol. The van der Waals surface area contributed by atoms with Gasteiger partial charge < -0.3 is 24.6 Å². The molecule has 2 N–H and O–H groups in total. The van der Waals surface area contributed by atoms with E-state index in [2.05, 4.69) is 15.3 Å². The van der Waals surface area contributed by atoms with Gasteiger partial charge in [0.25, 0.3) is 5.91 Å². The van der Waals surface area contributed by atoms with E-state index in [0.29, 0.717) is 35.9 Å². The van der Waals surface area contributed by atoms with Gasteiger partial charge in [0.05, 0.1) is 17.7 Å². The van der Waals surface area contributed by atoms with Crippen molar-refractivity contribution in [2.75, 3.05) is 38.7 Å². The molecule has 44 heavy (non-hydrogen) atoms. The molecule has 228 valence electrons. The second-order valence-electron chi connectivity index (χ2n) is 10.5. The number of fused-ring (bicyclic) bond motifs is 1. The Morgan fingerprint density at radius 3 is 2.75 bits per heavy atom. The summed E-state index contributed by atoms with van der Waals surface area (Å²) in [5.41, 5.74) is 5.03. The van der Waals surface area contributed by atoms with Crippen molar-refractivity contribution in [3.05, 3.63) is 113 Å². The van der Waals surface area contributed by atoms with Gasteiger partial charge in [0, 0.05) is 67.4 Å². The molecule has 1 aliphatic carbocycles. The molecule has 2 aromatic carbocycles. The normalized spacial score (nSPS) is 14.5. The van der Waals surface area contributed by atoms with Crippen molar-refractivity contribution in [2.45, 2.75) is 25.7 Å². The molecule has 0 atom stereocenters. The van der Waals surface area contributed by atoms with Crippen LogP contribution in [0.4, 0.5) is 15.9 Å². The molecule has 1 amide bonds. The Morgan fingerprint density at radius 2 is 1.98 bits per heavy atom. The fraction of sp³-hybridized carbons (Fsp3) is 0.265. The summed E-state index contributed by atoms with van der Waals surface area (Å²) in [5, 5.41) is 14.3. The van der Waals surface area contributed by atoms with Crippen molar-refractivity contribution in [2.24, 2.45) is 0 Å². The molecule has 2 aliphatic rings. The molecule has 1 saturated heterocycles. The molecule has 0 spiro atoms. The number of anilines is 2. The number of ether oxygens (including phenoxy) is 1. The Morgan fingerprint density at radius 1 is 1.14 bits per heavy atom. The number of carbonyl (C=O) groups is 1. The number of likely N-dealkylation sites (tertiary alicyclic amines) is 1. The fourth-order valence-corrected chi connectivity index (χ4v) is 5.36. The molecule has 10 heteroatoms. The molecule has 2 aromatic heterocycles. The van der Waals surface area contributed by atoms with Crippen molar-refractivity contribution < 1.29 is 19.0 Å². The molecular weight excluding hydrogens is 581 g/mol. The van der Waals surface area contributed by atoms with Gasteiger partial charge in [-0.25, -0.2) is 14.4 Å². The van der Waals surface area contributed by atoms with Crippen molar-refractivity contribution in [3.8, 4) is 5.69 Å². The highest BCUT2D eigenvalue weighted by atomic mass is 35.5. The van der Waals surface area contributed by atoms with Crippen LogP contribution in [0.2, 0.25) is 5.02 Å². The molecule has 1 fully saturated rings. The summed E-state index contributed by atoms with van der Waals surface area (Å²) in [6, 6.07) is 13.3. The monoisotopic (exact) mass is 615 g/mol. The maximum absolute atomic E-state index is 13.1. The molecule has 0 radical (unpaired) electrons. The van der Waals surface area contributed by atoms with E-state index in [-0.39, 0.29) is 18.3 Å². The third-order valence-electron chi connectivity index (χ3n) is 7.38. The Kier molecular flexibility index (Phi) is 10.6. The molecule has 6 rings (SSSR count). The van der Waals surface area contributed by atoms with E-state index in [0.717, 1.165) is 59.3 Å². The first-order valence-electron chi connectivity index (χ1n) is 14.5. The molecule has 8 nitrogen and oxygen atoms in total.